The number of carbonyl (C=O) groups excluding carboxylic acids is 1. The van der Waals surface area contributed by atoms with E-state index in [0.29, 0.717) is 19.1 Å². The zero-order chi connectivity index (χ0) is 13.2. The minimum atomic E-state index is 0.154. The summed E-state index contributed by atoms with van der Waals surface area (Å²) < 4.78 is 4.94. The monoisotopic (exact) mass is 256 g/mol. The number of hydrogen-bond acceptors (Lipinski definition) is 3. The third-order valence-corrected chi connectivity index (χ3v) is 2.64. The number of ether oxygens (including phenoxy) is 1. The second-order valence-corrected chi connectivity index (χ2v) is 4.36. The van der Waals surface area contributed by atoms with Crippen molar-refractivity contribution in [2.75, 3.05) is 33.9 Å². The lowest BCUT2D eigenvalue weighted by molar-refractivity contribution is -0.121. The maximum Gasteiger partial charge on any atom is 0.220 e. The van der Waals surface area contributed by atoms with E-state index in [4.69, 9.17) is 4.74 Å². The van der Waals surface area contributed by atoms with Gasteiger partial charge in [0.25, 0.3) is 0 Å². The van der Waals surface area contributed by atoms with Crippen LogP contribution in [-0.4, -0.2) is 51.8 Å². The Kier molecular flexibility index (Phi) is 7.17. The first-order valence-corrected chi connectivity index (χ1v) is 6.49. The van der Waals surface area contributed by atoms with Crippen molar-refractivity contribution in [2.45, 2.75) is 31.7 Å². The van der Waals surface area contributed by atoms with E-state index < -0.39 is 0 Å². The molecule has 1 rings (SSSR count). The summed E-state index contributed by atoms with van der Waals surface area (Å²) in [5, 5.41) is 9.24. The highest BCUT2D eigenvalue weighted by Crippen LogP contribution is 2.18. The lowest BCUT2D eigenvalue weighted by atomic mass is 10.3. The Bertz CT molecular complexity index is 277. The van der Waals surface area contributed by atoms with Crippen LogP contribution in [0.2, 0.25) is 0 Å². The predicted molar refractivity (Wildman–Crippen MR) is 71.6 cm³/mol. The number of nitrogens with one attached hydrogen (secondary N) is 3. The molecule has 1 amide bonds. The van der Waals surface area contributed by atoms with Crippen molar-refractivity contribution in [3.05, 3.63) is 0 Å². The van der Waals surface area contributed by atoms with Crippen LogP contribution in [0, 0.1) is 0 Å². The minimum Gasteiger partial charge on any atom is -0.383 e. The zero-order valence-corrected chi connectivity index (χ0v) is 11.3. The SMILES string of the molecule is CN=C(NCCCC(=O)NC1CC1)NCCOC. The molecule has 0 radical (unpaired) electrons. The van der Waals surface area contributed by atoms with Crippen LogP contribution in [0.4, 0.5) is 0 Å². The number of nitrogens with zero attached hydrogens (tertiary/aromatic N) is 1. The van der Waals surface area contributed by atoms with Crippen LogP contribution < -0.4 is 16.0 Å². The first-order valence-electron chi connectivity index (χ1n) is 6.49. The van der Waals surface area contributed by atoms with Gasteiger partial charge in [-0.15, -0.1) is 0 Å². The lowest BCUT2D eigenvalue weighted by Crippen LogP contribution is -2.39. The topological polar surface area (TPSA) is 74.8 Å². The van der Waals surface area contributed by atoms with Crippen molar-refractivity contribution >= 4 is 11.9 Å². The van der Waals surface area contributed by atoms with Crippen LogP contribution in [0.5, 0.6) is 0 Å². The highest BCUT2D eigenvalue weighted by molar-refractivity contribution is 5.79. The number of carbonyl (C=O) groups is 1. The predicted octanol–water partition coefficient (Wildman–Crippen LogP) is -0.143. The van der Waals surface area contributed by atoms with Gasteiger partial charge in [0.15, 0.2) is 5.96 Å². The molecule has 3 N–H and O–H groups in total. The van der Waals surface area contributed by atoms with Crippen LogP contribution in [0.25, 0.3) is 0 Å². The summed E-state index contributed by atoms with van der Waals surface area (Å²) in [7, 11) is 3.39. The molecule has 1 saturated carbocycles. The van der Waals surface area contributed by atoms with Crippen molar-refractivity contribution in [3.63, 3.8) is 0 Å². The van der Waals surface area contributed by atoms with E-state index in [0.717, 1.165) is 38.3 Å². The van der Waals surface area contributed by atoms with E-state index in [1.165, 1.54) is 0 Å². The molecule has 0 heterocycles. The maximum atomic E-state index is 11.4. The quantitative estimate of drug-likeness (QED) is 0.321. The molecule has 0 saturated heterocycles. The molecule has 1 aliphatic rings. The van der Waals surface area contributed by atoms with Gasteiger partial charge in [0.1, 0.15) is 0 Å². The molecular formula is C12H24N4O2. The van der Waals surface area contributed by atoms with E-state index in [-0.39, 0.29) is 5.91 Å². The fraction of sp³-hybridized carbons (Fsp3) is 0.833. The van der Waals surface area contributed by atoms with Gasteiger partial charge in [-0.3, -0.25) is 9.79 Å². The molecule has 6 heteroatoms. The lowest BCUT2D eigenvalue weighted by Gasteiger charge is -2.11. The van der Waals surface area contributed by atoms with Gasteiger partial charge in [-0.2, -0.15) is 0 Å². The average Bonchev–Trinajstić information content (AvgIpc) is 3.16. The summed E-state index contributed by atoms with van der Waals surface area (Å²) in [6, 6.07) is 0.453. The number of methoxy groups -OCH3 is 1. The molecule has 0 spiro atoms. The molecule has 104 valence electrons. The highest BCUT2D eigenvalue weighted by Gasteiger charge is 2.22. The number of amides is 1. The molecule has 0 aromatic rings. The third kappa shape index (κ3) is 7.11. The molecule has 18 heavy (non-hydrogen) atoms. The van der Waals surface area contributed by atoms with Gasteiger partial charge < -0.3 is 20.7 Å². The third-order valence-electron chi connectivity index (χ3n) is 2.64. The van der Waals surface area contributed by atoms with E-state index in [2.05, 4.69) is 20.9 Å². The molecule has 0 aromatic carbocycles. The Labute approximate surface area is 109 Å². The number of aliphatic imine (C=N–C) groups is 1. The van der Waals surface area contributed by atoms with Crippen molar-refractivity contribution in [1.82, 2.24) is 16.0 Å². The summed E-state index contributed by atoms with van der Waals surface area (Å²) in [5.41, 5.74) is 0. The van der Waals surface area contributed by atoms with Gasteiger partial charge >= 0.3 is 0 Å². The first kappa shape index (κ1) is 14.8. The van der Waals surface area contributed by atoms with Gasteiger partial charge in [0, 0.05) is 39.7 Å². The molecule has 0 aromatic heterocycles. The minimum absolute atomic E-state index is 0.154. The van der Waals surface area contributed by atoms with Gasteiger partial charge in [-0.25, -0.2) is 0 Å². The largest absolute Gasteiger partial charge is 0.383 e. The summed E-state index contributed by atoms with van der Waals surface area (Å²) in [5.74, 6) is 0.899. The zero-order valence-electron chi connectivity index (χ0n) is 11.3. The summed E-state index contributed by atoms with van der Waals surface area (Å²) in [4.78, 5) is 15.5. The van der Waals surface area contributed by atoms with E-state index >= 15 is 0 Å². The molecule has 0 atom stereocenters. The molecule has 1 fully saturated rings. The normalized spacial score (nSPS) is 15.3. The van der Waals surface area contributed by atoms with E-state index in [9.17, 15) is 4.79 Å². The second-order valence-electron chi connectivity index (χ2n) is 4.36. The van der Waals surface area contributed by atoms with Crippen molar-refractivity contribution in [1.29, 1.82) is 0 Å². The Morgan fingerprint density at radius 3 is 2.67 bits per heavy atom. The Hall–Kier alpha value is -1.30. The Morgan fingerprint density at radius 1 is 1.33 bits per heavy atom. The maximum absolute atomic E-state index is 11.4. The summed E-state index contributed by atoms with van der Waals surface area (Å²) >= 11 is 0. The van der Waals surface area contributed by atoms with E-state index in [1.54, 1.807) is 14.2 Å². The second kappa shape index (κ2) is 8.74. The highest BCUT2D eigenvalue weighted by atomic mass is 16.5. The molecule has 1 aliphatic carbocycles. The number of guanidine groups is 1. The standard InChI is InChI=1S/C12H24N4O2/c1-13-12(15-8-9-18-2)14-7-3-4-11(17)16-10-5-6-10/h10H,3-9H2,1-2H3,(H,16,17)(H2,13,14,15). The van der Waals surface area contributed by atoms with Crippen LogP contribution >= 0.6 is 0 Å². The fourth-order valence-corrected chi connectivity index (χ4v) is 1.48. The van der Waals surface area contributed by atoms with E-state index in [1.807, 2.05) is 0 Å². The first-order chi connectivity index (χ1) is 8.76. The van der Waals surface area contributed by atoms with Gasteiger partial charge in [-0.1, -0.05) is 0 Å². The van der Waals surface area contributed by atoms with Crippen molar-refractivity contribution < 1.29 is 9.53 Å². The van der Waals surface area contributed by atoms with Crippen molar-refractivity contribution in [2.24, 2.45) is 4.99 Å². The molecule has 0 unspecified atom stereocenters. The van der Waals surface area contributed by atoms with Crippen LogP contribution in [-0.2, 0) is 9.53 Å². The molecule has 0 bridgehead atoms. The van der Waals surface area contributed by atoms with Crippen LogP contribution in [0.15, 0.2) is 4.99 Å². The van der Waals surface area contributed by atoms with Gasteiger partial charge in [-0.05, 0) is 19.3 Å². The summed E-state index contributed by atoms with van der Waals surface area (Å²) in [6.45, 7) is 2.10. The Morgan fingerprint density at radius 2 is 2.06 bits per heavy atom. The van der Waals surface area contributed by atoms with Crippen molar-refractivity contribution in [3.8, 4) is 0 Å². The smallest absolute Gasteiger partial charge is 0.220 e. The van der Waals surface area contributed by atoms with Crippen LogP contribution in [0.3, 0.4) is 0 Å². The van der Waals surface area contributed by atoms with Gasteiger partial charge in [0.2, 0.25) is 5.91 Å². The Balaban J connectivity index is 1.98. The number of rotatable bonds is 8. The molecule has 0 aliphatic heterocycles. The average molecular weight is 256 g/mol. The molecular weight excluding hydrogens is 232 g/mol. The fourth-order valence-electron chi connectivity index (χ4n) is 1.48. The van der Waals surface area contributed by atoms with Gasteiger partial charge in [0.05, 0.1) is 6.61 Å². The van der Waals surface area contributed by atoms with Crippen LogP contribution in [0.1, 0.15) is 25.7 Å². The molecule has 6 nitrogen and oxygen atoms in total. The summed E-state index contributed by atoms with van der Waals surface area (Å²) in [6.07, 6.45) is 3.65. The number of hydrogen-bond donors (Lipinski definition) is 3.